The molecule has 0 saturated carbocycles. The molecule has 2 aliphatic heterocycles. The Labute approximate surface area is 130 Å². The lowest BCUT2D eigenvalue weighted by atomic mass is 10.0. The number of rotatable bonds is 5. The van der Waals surface area contributed by atoms with E-state index in [2.05, 4.69) is 11.6 Å². The van der Waals surface area contributed by atoms with Crippen molar-refractivity contribution in [2.45, 2.75) is 36.1 Å². The molecule has 2 aliphatic rings. The fourth-order valence-corrected chi connectivity index (χ4v) is 4.77. The number of sulfonamides is 1. The summed E-state index contributed by atoms with van der Waals surface area (Å²) in [5, 5.41) is 0.0729. The molecule has 7 nitrogen and oxygen atoms in total. The highest BCUT2D eigenvalue weighted by molar-refractivity contribution is 7.89. The number of ether oxygens (including phenoxy) is 2. The smallest absolute Gasteiger partial charge is 0.262 e. The van der Waals surface area contributed by atoms with Gasteiger partial charge in [0.1, 0.15) is 6.10 Å². The first-order valence-corrected chi connectivity index (χ1v) is 8.82. The first-order valence-electron chi connectivity index (χ1n) is 7.38. The standard InChI is InChI=1S/C14H21N3O4S/c1-3-6-20-12-8-17(11-5-4-7-21-14(11)12)22(18,19)13-9-16(2)10-15-13/h3,9-12,14H,1,4-8H2,2H3/t11-,12+,14+/m0/s1. The summed E-state index contributed by atoms with van der Waals surface area (Å²) in [5.74, 6) is 0. The van der Waals surface area contributed by atoms with Gasteiger partial charge in [0, 0.05) is 26.4 Å². The molecular formula is C14H21N3O4S. The second-order valence-corrected chi connectivity index (χ2v) is 7.49. The summed E-state index contributed by atoms with van der Waals surface area (Å²) in [6, 6.07) is -0.185. The maximum atomic E-state index is 12.8. The Kier molecular flexibility index (Phi) is 4.35. The average molecular weight is 327 g/mol. The van der Waals surface area contributed by atoms with Crippen molar-refractivity contribution in [1.29, 1.82) is 0 Å². The lowest BCUT2D eigenvalue weighted by Gasteiger charge is -2.31. The predicted molar refractivity (Wildman–Crippen MR) is 79.8 cm³/mol. The van der Waals surface area contributed by atoms with Crippen LogP contribution in [-0.2, 0) is 26.5 Å². The van der Waals surface area contributed by atoms with Crippen molar-refractivity contribution in [3.63, 3.8) is 0 Å². The number of hydrogen-bond acceptors (Lipinski definition) is 5. The summed E-state index contributed by atoms with van der Waals surface area (Å²) in [6.07, 6.45) is 5.83. The third-order valence-electron chi connectivity index (χ3n) is 4.11. The summed E-state index contributed by atoms with van der Waals surface area (Å²) >= 11 is 0. The summed E-state index contributed by atoms with van der Waals surface area (Å²) in [6.45, 7) is 4.96. The van der Waals surface area contributed by atoms with Gasteiger partial charge in [-0.05, 0) is 12.8 Å². The second-order valence-electron chi connectivity index (χ2n) is 5.66. The SMILES string of the molecule is C=CCO[C@@H]1CN(S(=O)(=O)c2cn(C)cn2)[C@H]2CCCO[C@@H]12. The van der Waals surface area contributed by atoms with Gasteiger partial charge in [0.15, 0.2) is 5.03 Å². The molecule has 2 saturated heterocycles. The van der Waals surface area contributed by atoms with Crippen LogP contribution in [-0.4, -0.2) is 60.3 Å². The predicted octanol–water partition coefficient (Wildman–Crippen LogP) is 0.543. The number of imidazole rings is 1. The van der Waals surface area contributed by atoms with E-state index in [1.54, 1.807) is 17.7 Å². The van der Waals surface area contributed by atoms with Crippen LogP contribution < -0.4 is 0 Å². The van der Waals surface area contributed by atoms with E-state index in [1.165, 1.54) is 16.8 Å². The number of fused-ring (bicyclic) bond motifs is 1. The van der Waals surface area contributed by atoms with Gasteiger partial charge in [-0.15, -0.1) is 6.58 Å². The van der Waals surface area contributed by atoms with Crippen LogP contribution in [0.3, 0.4) is 0 Å². The Morgan fingerprint density at radius 1 is 1.59 bits per heavy atom. The summed E-state index contributed by atoms with van der Waals surface area (Å²) in [5.41, 5.74) is 0. The largest absolute Gasteiger partial charge is 0.374 e. The van der Waals surface area contributed by atoms with Crippen LogP contribution in [0.5, 0.6) is 0 Å². The van der Waals surface area contributed by atoms with Gasteiger partial charge in [-0.1, -0.05) is 6.08 Å². The molecule has 0 aliphatic carbocycles. The third kappa shape index (κ3) is 2.71. The zero-order chi connectivity index (χ0) is 15.7. The maximum Gasteiger partial charge on any atom is 0.262 e. The molecule has 0 amide bonds. The minimum atomic E-state index is -3.63. The van der Waals surface area contributed by atoms with Crippen molar-refractivity contribution >= 4 is 10.0 Å². The van der Waals surface area contributed by atoms with E-state index < -0.39 is 10.0 Å². The van der Waals surface area contributed by atoms with Crippen LogP contribution in [0.1, 0.15) is 12.8 Å². The second kappa shape index (κ2) is 6.11. The van der Waals surface area contributed by atoms with E-state index in [9.17, 15) is 8.42 Å². The van der Waals surface area contributed by atoms with Gasteiger partial charge in [0.25, 0.3) is 10.0 Å². The van der Waals surface area contributed by atoms with E-state index in [1.807, 2.05) is 0 Å². The lowest BCUT2D eigenvalue weighted by Crippen LogP contribution is -2.43. The average Bonchev–Trinajstić information content (AvgIpc) is 3.10. The fourth-order valence-electron chi connectivity index (χ4n) is 3.12. The molecule has 3 heterocycles. The van der Waals surface area contributed by atoms with E-state index in [4.69, 9.17) is 9.47 Å². The van der Waals surface area contributed by atoms with Crippen molar-refractivity contribution in [3.8, 4) is 0 Å². The molecule has 3 rings (SSSR count). The van der Waals surface area contributed by atoms with E-state index >= 15 is 0 Å². The van der Waals surface area contributed by atoms with Gasteiger partial charge in [-0.25, -0.2) is 13.4 Å². The highest BCUT2D eigenvalue weighted by Gasteiger charge is 2.50. The van der Waals surface area contributed by atoms with Gasteiger partial charge in [0.2, 0.25) is 0 Å². The third-order valence-corrected chi connectivity index (χ3v) is 5.89. The highest BCUT2D eigenvalue weighted by atomic mass is 32.2. The molecule has 22 heavy (non-hydrogen) atoms. The number of aromatic nitrogens is 2. The van der Waals surface area contributed by atoms with Crippen LogP contribution in [0, 0.1) is 0 Å². The van der Waals surface area contributed by atoms with Crippen LogP contribution in [0.25, 0.3) is 0 Å². The van der Waals surface area contributed by atoms with Gasteiger partial charge >= 0.3 is 0 Å². The molecule has 1 aromatic heterocycles. The van der Waals surface area contributed by atoms with E-state index in [0.29, 0.717) is 19.8 Å². The normalized spacial score (nSPS) is 29.4. The Bertz CT molecular complexity index is 642. The highest BCUT2D eigenvalue weighted by Crippen LogP contribution is 2.34. The monoisotopic (exact) mass is 327 g/mol. The Hall–Kier alpha value is -1.22. The first kappa shape index (κ1) is 15.7. The summed E-state index contributed by atoms with van der Waals surface area (Å²) < 4.78 is 40.3. The molecule has 2 fully saturated rings. The molecule has 0 N–H and O–H groups in total. The van der Waals surface area contributed by atoms with Crippen molar-refractivity contribution < 1.29 is 17.9 Å². The fraction of sp³-hybridized carbons (Fsp3) is 0.643. The Morgan fingerprint density at radius 2 is 2.41 bits per heavy atom. The molecule has 0 radical (unpaired) electrons. The van der Waals surface area contributed by atoms with Crippen molar-refractivity contribution in [3.05, 3.63) is 25.2 Å². The zero-order valence-electron chi connectivity index (χ0n) is 12.6. The van der Waals surface area contributed by atoms with Crippen LogP contribution in [0.15, 0.2) is 30.2 Å². The van der Waals surface area contributed by atoms with Crippen LogP contribution >= 0.6 is 0 Å². The maximum absolute atomic E-state index is 12.8. The molecule has 0 spiro atoms. The molecule has 1 aromatic rings. The molecular weight excluding hydrogens is 306 g/mol. The Morgan fingerprint density at radius 3 is 3.09 bits per heavy atom. The minimum Gasteiger partial charge on any atom is -0.374 e. The number of aryl methyl sites for hydroxylation is 1. The first-order chi connectivity index (χ1) is 10.5. The van der Waals surface area contributed by atoms with Gasteiger partial charge in [-0.2, -0.15) is 4.31 Å². The number of hydrogen-bond donors (Lipinski definition) is 0. The quantitative estimate of drug-likeness (QED) is 0.738. The van der Waals surface area contributed by atoms with Crippen LogP contribution in [0.4, 0.5) is 0 Å². The molecule has 8 heteroatoms. The topological polar surface area (TPSA) is 73.7 Å². The molecule has 122 valence electrons. The van der Waals surface area contributed by atoms with Crippen molar-refractivity contribution in [2.24, 2.45) is 7.05 Å². The van der Waals surface area contributed by atoms with Gasteiger partial charge in [-0.3, -0.25) is 0 Å². The molecule has 3 atom stereocenters. The van der Waals surface area contributed by atoms with Crippen molar-refractivity contribution in [2.75, 3.05) is 19.8 Å². The van der Waals surface area contributed by atoms with E-state index in [-0.39, 0.29) is 23.3 Å². The van der Waals surface area contributed by atoms with E-state index in [0.717, 1.165) is 12.8 Å². The van der Waals surface area contributed by atoms with Gasteiger partial charge < -0.3 is 14.0 Å². The summed E-state index contributed by atoms with van der Waals surface area (Å²) in [7, 11) is -1.88. The molecule has 0 aromatic carbocycles. The summed E-state index contributed by atoms with van der Waals surface area (Å²) in [4.78, 5) is 3.99. The molecule has 0 unspecified atom stereocenters. The lowest BCUT2D eigenvalue weighted by molar-refractivity contribution is -0.0696. The number of nitrogens with zero attached hydrogens (tertiary/aromatic N) is 3. The molecule has 0 bridgehead atoms. The van der Waals surface area contributed by atoms with Gasteiger partial charge in [0.05, 0.1) is 25.1 Å². The minimum absolute atomic E-state index is 0.0729. The van der Waals surface area contributed by atoms with Crippen molar-refractivity contribution in [1.82, 2.24) is 13.9 Å². The zero-order valence-corrected chi connectivity index (χ0v) is 13.4. The van der Waals surface area contributed by atoms with Crippen LogP contribution in [0.2, 0.25) is 0 Å². The Balaban J connectivity index is 1.87.